The number of amidine groups is 1. The van der Waals surface area contributed by atoms with Crippen molar-refractivity contribution >= 4 is 27.5 Å². The van der Waals surface area contributed by atoms with Gasteiger partial charge in [-0.05, 0) is 35.2 Å². The van der Waals surface area contributed by atoms with Crippen LogP contribution in [0, 0.1) is 5.41 Å². The van der Waals surface area contributed by atoms with Gasteiger partial charge in [0.15, 0.2) is 0 Å². The lowest BCUT2D eigenvalue weighted by Crippen LogP contribution is -2.32. The Morgan fingerprint density at radius 1 is 1.17 bits per heavy atom. The molecule has 154 valence electrons. The van der Waals surface area contributed by atoms with E-state index in [-0.39, 0.29) is 17.2 Å². The second-order valence-electron chi connectivity index (χ2n) is 7.78. The second kappa shape index (κ2) is 8.24. The molecule has 0 aliphatic carbocycles. The Kier molecular flexibility index (Phi) is 5.93. The van der Waals surface area contributed by atoms with Crippen LogP contribution in [0.4, 0.5) is 5.69 Å². The Morgan fingerprint density at radius 3 is 2.69 bits per heavy atom. The van der Waals surface area contributed by atoms with E-state index in [4.69, 9.17) is 4.74 Å². The monoisotopic (exact) mass is 415 g/mol. The summed E-state index contributed by atoms with van der Waals surface area (Å²) >= 11 is 0. The van der Waals surface area contributed by atoms with Crippen LogP contribution in [0.3, 0.4) is 0 Å². The van der Waals surface area contributed by atoms with E-state index in [2.05, 4.69) is 15.0 Å². The minimum atomic E-state index is -3.73. The lowest BCUT2D eigenvalue weighted by molar-refractivity contribution is -0.123. The number of hydrogen-bond acceptors (Lipinski definition) is 5. The molecular formula is C21H25N3O4S. The minimum absolute atomic E-state index is 0.113. The molecule has 1 aliphatic rings. The van der Waals surface area contributed by atoms with Crippen molar-refractivity contribution < 1.29 is 17.9 Å². The van der Waals surface area contributed by atoms with E-state index in [9.17, 15) is 13.2 Å². The molecule has 8 heteroatoms. The van der Waals surface area contributed by atoms with Crippen molar-refractivity contribution in [2.24, 2.45) is 9.81 Å². The van der Waals surface area contributed by atoms with E-state index in [0.717, 1.165) is 11.3 Å². The standard InChI is InChI=1S/C21H25N3O4S/c1-21(2,13-20(25)22-14-15-7-6-8-16(11-15)28-3)12-19-23-17-9-4-5-10-18(17)29(26,27)24-19/h4-11H,12-14H2,1-3H3,(H,22,25)(H,23,24). The van der Waals surface area contributed by atoms with Crippen molar-refractivity contribution in [2.75, 3.05) is 12.4 Å². The van der Waals surface area contributed by atoms with E-state index in [0.29, 0.717) is 24.5 Å². The van der Waals surface area contributed by atoms with Crippen molar-refractivity contribution in [3.63, 3.8) is 0 Å². The van der Waals surface area contributed by atoms with E-state index >= 15 is 0 Å². The molecule has 29 heavy (non-hydrogen) atoms. The summed E-state index contributed by atoms with van der Waals surface area (Å²) in [6.07, 6.45) is 0.562. The molecule has 0 bridgehead atoms. The number of hydrogen-bond donors (Lipinski definition) is 2. The molecule has 2 N–H and O–H groups in total. The van der Waals surface area contributed by atoms with Gasteiger partial charge < -0.3 is 15.4 Å². The first kappa shape index (κ1) is 20.9. The molecule has 1 aliphatic heterocycles. The molecule has 0 unspecified atom stereocenters. The van der Waals surface area contributed by atoms with Crippen LogP contribution >= 0.6 is 0 Å². The zero-order valence-electron chi connectivity index (χ0n) is 16.7. The SMILES string of the molecule is COc1cccc(CNC(=O)CC(C)(C)CC2=NS(=O)(=O)c3ccccc3N2)c1. The summed E-state index contributed by atoms with van der Waals surface area (Å²) in [5, 5.41) is 5.98. The number of anilines is 1. The lowest BCUT2D eigenvalue weighted by Gasteiger charge is -2.27. The fourth-order valence-corrected chi connectivity index (χ4v) is 4.39. The van der Waals surface area contributed by atoms with Crippen LogP contribution in [0.15, 0.2) is 57.8 Å². The molecule has 1 amide bonds. The van der Waals surface area contributed by atoms with Gasteiger partial charge in [-0.2, -0.15) is 8.42 Å². The predicted octanol–water partition coefficient (Wildman–Crippen LogP) is 3.33. The molecule has 0 saturated carbocycles. The number of rotatable bonds is 7. The number of nitrogens with one attached hydrogen (secondary N) is 2. The van der Waals surface area contributed by atoms with Crippen LogP contribution in [0.2, 0.25) is 0 Å². The van der Waals surface area contributed by atoms with Gasteiger partial charge in [0.1, 0.15) is 16.5 Å². The summed E-state index contributed by atoms with van der Waals surface area (Å²) in [4.78, 5) is 12.6. The summed E-state index contributed by atoms with van der Waals surface area (Å²) in [6, 6.07) is 14.2. The maximum atomic E-state index is 12.4. The molecule has 7 nitrogen and oxygen atoms in total. The summed E-state index contributed by atoms with van der Waals surface area (Å²) in [7, 11) is -2.13. The molecule has 2 aromatic carbocycles. The van der Waals surface area contributed by atoms with Crippen LogP contribution in [-0.2, 0) is 21.4 Å². The highest BCUT2D eigenvalue weighted by Gasteiger charge is 2.29. The van der Waals surface area contributed by atoms with Gasteiger partial charge in [0.2, 0.25) is 5.91 Å². The number of fused-ring (bicyclic) bond motifs is 1. The van der Waals surface area contributed by atoms with E-state index in [1.54, 1.807) is 25.3 Å². The number of ether oxygens (including phenoxy) is 1. The number of carbonyl (C=O) groups is 1. The zero-order valence-corrected chi connectivity index (χ0v) is 17.5. The average molecular weight is 416 g/mol. The third kappa shape index (κ3) is 5.35. The van der Waals surface area contributed by atoms with Gasteiger partial charge in [-0.15, -0.1) is 4.40 Å². The van der Waals surface area contributed by atoms with Gasteiger partial charge in [-0.1, -0.05) is 38.1 Å². The van der Waals surface area contributed by atoms with Crippen molar-refractivity contribution in [1.82, 2.24) is 5.32 Å². The zero-order chi connectivity index (χ0) is 21.1. The first-order valence-electron chi connectivity index (χ1n) is 9.28. The van der Waals surface area contributed by atoms with Gasteiger partial charge in [0.05, 0.1) is 12.8 Å². The third-order valence-corrected chi connectivity index (χ3v) is 5.96. The van der Waals surface area contributed by atoms with Gasteiger partial charge in [-0.3, -0.25) is 4.79 Å². The Hall–Kier alpha value is -2.87. The summed E-state index contributed by atoms with van der Waals surface area (Å²) in [5.74, 6) is 0.965. The fraction of sp³-hybridized carbons (Fsp3) is 0.333. The number of methoxy groups -OCH3 is 1. The van der Waals surface area contributed by atoms with Crippen LogP contribution in [0.25, 0.3) is 0 Å². The molecule has 0 atom stereocenters. The molecule has 0 radical (unpaired) electrons. The van der Waals surface area contributed by atoms with Gasteiger partial charge >= 0.3 is 0 Å². The number of benzene rings is 2. The van der Waals surface area contributed by atoms with E-state index < -0.39 is 15.4 Å². The Morgan fingerprint density at radius 2 is 1.93 bits per heavy atom. The Bertz CT molecular complexity index is 1050. The van der Waals surface area contributed by atoms with Crippen LogP contribution in [0.5, 0.6) is 5.75 Å². The quantitative estimate of drug-likeness (QED) is 0.723. The summed E-state index contributed by atoms with van der Waals surface area (Å²) in [5.41, 5.74) is 0.971. The molecule has 0 aromatic heterocycles. The van der Waals surface area contributed by atoms with Crippen molar-refractivity contribution in [3.8, 4) is 5.75 Å². The molecule has 1 heterocycles. The Balaban J connectivity index is 1.61. The second-order valence-corrected chi connectivity index (χ2v) is 9.35. The van der Waals surface area contributed by atoms with Crippen molar-refractivity contribution in [1.29, 1.82) is 0 Å². The highest BCUT2D eigenvalue weighted by molar-refractivity contribution is 7.90. The first-order valence-corrected chi connectivity index (χ1v) is 10.7. The number of nitrogens with zero attached hydrogens (tertiary/aromatic N) is 1. The summed E-state index contributed by atoms with van der Waals surface area (Å²) in [6.45, 7) is 4.22. The fourth-order valence-electron chi connectivity index (χ4n) is 3.24. The van der Waals surface area contributed by atoms with Crippen molar-refractivity contribution in [3.05, 3.63) is 54.1 Å². The van der Waals surface area contributed by atoms with Crippen LogP contribution in [0.1, 0.15) is 32.3 Å². The maximum Gasteiger partial charge on any atom is 0.286 e. The molecular weight excluding hydrogens is 390 g/mol. The topological polar surface area (TPSA) is 96.9 Å². The number of carbonyl (C=O) groups excluding carboxylic acids is 1. The normalized spacial score (nSPS) is 14.9. The summed E-state index contributed by atoms with van der Waals surface area (Å²) < 4.78 is 33.9. The average Bonchev–Trinajstić information content (AvgIpc) is 2.65. The highest BCUT2D eigenvalue weighted by atomic mass is 32.2. The third-order valence-electron chi connectivity index (χ3n) is 4.58. The molecule has 3 rings (SSSR count). The predicted molar refractivity (Wildman–Crippen MR) is 113 cm³/mol. The smallest absolute Gasteiger partial charge is 0.286 e. The number of sulfonamides is 1. The minimum Gasteiger partial charge on any atom is -0.497 e. The number of para-hydroxylation sites is 1. The first-order chi connectivity index (χ1) is 13.7. The Labute approximate surface area is 171 Å². The number of amides is 1. The molecule has 2 aromatic rings. The van der Waals surface area contributed by atoms with Crippen LogP contribution in [-0.4, -0.2) is 27.3 Å². The maximum absolute atomic E-state index is 12.4. The van der Waals surface area contributed by atoms with Gasteiger partial charge in [-0.25, -0.2) is 0 Å². The largest absolute Gasteiger partial charge is 0.497 e. The highest BCUT2D eigenvalue weighted by Crippen LogP contribution is 2.32. The van der Waals surface area contributed by atoms with Gasteiger partial charge in [0, 0.05) is 19.4 Å². The van der Waals surface area contributed by atoms with E-state index in [1.807, 2.05) is 38.1 Å². The van der Waals surface area contributed by atoms with Crippen LogP contribution < -0.4 is 15.4 Å². The van der Waals surface area contributed by atoms with Crippen molar-refractivity contribution in [2.45, 2.75) is 38.1 Å². The van der Waals surface area contributed by atoms with E-state index in [1.165, 1.54) is 6.07 Å². The molecule has 0 fully saturated rings. The van der Waals surface area contributed by atoms with Gasteiger partial charge in [0.25, 0.3) is 10.0 Å². The molecule has 0 saturated heterocycles. The molecule has 0 spiro atoms. The lowest BCUT2D eigenvalue weighted by atomic mass is 9.84.